The van der Waals surface area contributed by atoms with Gasteiger partial charge in [-0.2, -0.15) is 0 Å². The summed E-state index contributed by atoms with van der Waals surface area (Å²) >= 11 is 0. The maximum Gasteiger partial charge on any atom is 0.327 e. The van der Waals surface area contributed by atoms with E-state index < -0.39 is 0 Å². The monoisotopic (exact) mass is 380 g/mol. The summed E-state index contributed by atoms with van der Waals surface area (Å²) in [6.45, 7) is 11.8. The highest BCUT2D eigenvalue weighted by atomic mass is 16.5. The SMILES string of the molecule is CC12CC[C@@H]3c4ccc(B5CC(C)(C)C(C)(C)O5)cc4CCC3[C@@H]1CCC2O. The molecule has 3 aliphatic carbocycles. The van der Waals surface area contributed by atoms with Crippen molar-refractivity contribution >= 4 is 12.4 Å². The number of aliphatic hydroxyl groups excluding tert-OH is 1. The molecule has 5 rings (SSSR count). The lowest BCUT2D eigenvalue weighted by Gasteiger charge is -2.50. The molecular formula is C25H37BO2. The van der Waals surface area contributed by atoms with Crippen molar-refractivity contribution in [2.45, 2.75) is 97.1 Å². The Labute approximate surface area is 171 Å². The van der Waals surface area contributed by atoms with Crippen LogP contribution in [0.25, 0.3) is 0 Å². The third-order valence-corrected chi connectivity index (χ3v) is 9.83. The fourth-order valence-corrected chi connectivity index (χ4v) is 7.23. The zero-order chi connectivity index (χ0) is 19.9. The maximum absolute atomic E-state index is 10.6. The Balaban J connectivity index is 1.42. The quantitative estimate of drug-likeness (QED) is 0.700. The van der Waals surface area contributed by atoms with Crippen molar-refractivity contribution in [3.05, 3.63) is 29.3 Å². The number of hydrogen-bond donors (Lipinski definition) is 1. The second-order valence-corrected chi connectivity index (χ2v) is 11.7. The molecule has 0 radical (unpaired) electrons. The molecule has 1 saturated heterocycles. The minimum atomic E-state index is -0.0755. The van der Waals surface area contributed by atoms with Gasteiger partial charge in [0.15, 0.2) is 0 Å². The van der Waals surface area contributed by atoms with Crippen molar-refractivity contribution in [2.75, 3.05) is 0 Å². The van der Waals surface area contributed by atoms with Crippen LogP contribution in [0.2, 0.25) is 6.32 Å². The molecule has 0 amide bonds. The van der Waals surface area contributed by atoms with E-state index in [2.05, 4.69) is 52.8 Å². The largest absolute Gasteiger partial charge is 0.426 e. The summed E-state index contributed by atoms with van der Waals surface area (Å²) in [7, 11) is 0. The first-order chi connectivity index (χ1) is 13.1. The van der Waals surface area contributed by atoms with Gasteiger partial charge < -0.3 is 9.76 Å². The number of aliphatic hydroxyl groups is 1. The van der Waals surface area contributed by atoms with Crippen molar-refractivity contribution in [3.8, 4) is 0 Å². The van der Waals surface area contributed by atoms with Crippen LogP contribution in [0.1, 0.15) is 83.8 Å². The third-order valence-electron chi connectivity index (χ3n) is 9.83. The highest BCUT2D eigenvalue weighted by Gasteiger charge is 2.54. The van der Waals surface area contributed by atoms with Crippen LogP contribution in [0.4, 0.5) is 0 Å². The van der Waals surface area contributed by atoms with Gasteiger partial charge in [0.05, 0.1) is 11.7 Å². The molecule has 2 nitrogen and oxygen atoms in total. The minimum Gasteiger partial charge on any atom is -0.426 e. The van der Waals surface area contributed by atoms with Crippen LogP contribution >= 0.6 is 0 Å². The van der Waals surface area contributed by atoms with E-state index in [0.717, 1.165) is 18.7 Å². The molecule has 0 bridgehead atoms. The van der Waals surface area contributed by atoms with E-state index in [1.807, 2.05) is 0 Å². The lowest BCUT2D eigenvalue weighted by molar-refractivity contribution is -0.0226. The topological polar surface area (TPSA) is 29.5 Å². The Bertz CT molecular complexity index is 769. The molecule has 1 aromatic rings. The Hall–Kier alpha value is -0.795. The minimum absolute atomic E-state index is 0.0736. The molecule has 1 aliphatic heterocycles. The maximum atomic E-state index is 10.6. The lowest BCUT2D eigenvalue weighted by Crippen LogP contribution is -2.44. The molecule has 1 N–H and O–H groups in total. The van der Waals surface area contributed by atoms with Gasteiger partial charge in [0.1, 0.15) is 0 Å². The molecule has 1 heterocycles. The van der Waals surface area contributed by atoms with E-state index in [9.17, 15) is 5.11 Å². The molecule has 0 aromatic heterocycles. The molecule has 1 aromatic carbocycles. The number of fused-ring (bicyclic) bond motifs is 5. The number of rotatable bonds is 1. The lowest BCUT2D eigenvalue weighted by atomic mass is 9.52. The summed E-state index contributed by atoms with van der Waals surface area (Å²) in [6.07, 6.45) is 8.21. The second kappa shape index (κ2) is 6.11. The Morgan fingerprint density at radius 1 is 1.04 bits per heavy atom. The Kier molecular flexibility index (Phi) is 4.19. The van der Waals surface area contributed by atoms with Crippen molar-refractivity contribution < 1.29 is 9.76 Å². The van der Waals surface area contributed by atoms with Gasteiger partial charge in [-0.05, 0) is 104 Å². The highest BCUT2D eigenvalue weighted by Crippen LogP contribution is 2.60. The molecule has 3 unspecified atom stereocenters. The van der Waals surface area contributed by atoms with Crippen LogP contribution < -0.4 is 5.46 Å². The summed E-state index contributed by atoms with van der Waals surface area (Å²) in [5.41, 5.74) is 4.87. The summed E-state index contributed by atoms with van der Waals surface area (Å²) in [5.74, 6) is 2.20. The van der Waals surface area contributed by atoms with Gasteiger partial charge in [0.25, 0.3) is 0 Å². The fraction of sp³-hybridized carbons (Fsp3) is 0.760. The summed E-state index contributed by atoms with van der Waals surface area (Å²) < 4.78 is 6.50. The summed E-state index contributed by atoms with van der Waals surface area (Å²) in [5, 5.41) is 10.6. The van der Waals surface area contributed by atoms with Gasteiger partial charge in [0, 0.05) is 0 Å². The van der Waals surface area contributed by atoms with Crippen LogP contribution in [-0.4, -0.2) is 23.7 Å². The number of benzene rings is 1. The van der Waals surface area contributed by atoms with Gasteiger partial charge in [-0.3, -0.25) is 0 Å². The number of aryl methyl sites for hydroxylation is 1. The van der Waals surface area contributed by atoms with Gasteiger partial charge in [-0.1, -0.05) is 39.0 Å². The average Bonchev–Trinajstić information content (AvgIpc) is 3.06. The number of hydrogen-bond acceptors (Lipinski definition) is 2. The molecule has 0 spiro atoms. The normalized spacial score (nSPS) is 40.7. The fourth-order valence-electron chi connectivity index (χ4n) is 7.23. The summed E-state index contributed by atoms with van der Waals surface area (Å²) in [4.78, 5) is 0. The molecular weight excluding hydrogens is 343 g/mol. The smallest absolute Gasteiger partial charge is 0.327 e. The van der Waals surface area contributed by atoms with Gasteiger partial charge in [0.2, 0.25) is 0 Å². The standard InChI is InChI=1S/C25H37BO2/c1-23(2)15-26(28-24(23,3)4)17-7-9-18-16(14-17)6-8-20-19(18)12-13-25(5)21(20)10-11-22(25)27/h7,9,14,19-22,27H,6,8,10-13,15H2,1-5H3/t19-,20?,21+,22?,25?/m1/s1. The highest BCUT2D eigenvalue weighted by molar-refractivity contribution is 6.68. The predicted molar refractivity (Wildman–Crippen MR) is 116 cm³/mol. The van der Waals surface area contributed by atoms with Gasteiger partial charge in [-0.25, -0.2) is 0 Å². The molecule has 28 heavy (non-hydrogen) atoms. The van der Waals surface area contributed by atoms with E-state index in [1.165, 1.54) is 37.6 Å². The van der Waals surface area contributed by atoms with E-state index in [0.29, 0.717) is 11.8 Å². The first kappa shape index (κ1) is 19.2. The Morgan fingerprint density at radius 2 is 1.82 bits per heavy atom. The van der Waals surface area contributed by atoms with Crippen LogP contribution in [0.3, 0.4) is 0 Å². The first-order valence-corrected chi connectivity index (χ1v) is 11.6. The molecule has 3 heteroatoms. The van der Waals surface area contributed by atoms with Crippen molar-refractivity contribution in [1.82, 2.24) is 0 Å². The van der Waals surface area contributed by atoms with Crippen molar-refractivity contribution in [2.24, 2.45) is 22.7 Å². The molecule has 3 fully saturated rings. The van der Waals surface area contributed by atoms with Gasteiger partial charge in [-0.15, -0.1) is 0 Å². The Morgan fingerprint density at radius 3 is 2.54 bits per heavy atom. The van der Waals surface area contributed by atoms with Crippen LogP contribution in [0.5, 0.6) is 0 Å². The van der Waals surface area contributed by atoms with Crippen LogP contribution in [0, 0.1) is 22.7 Å². The van der Waals surface area contributed by atoms with Crippen LogP contribution in [-0.2, 0) is 11.1 Å². The summed E-state index contributed by atoms with van der Waals surface area (Å²) in [6, 6.07) is 7.28. The molecule has 2 saturated carbocycles. The molecule has 152 valence electrons. The van der Waals surface area contributed by atoms with Crippen LogP contribution in [0.15, 0.2) is 18.2 Å². The predicted octanol–water partition coefficient (Wildman–Crippen LogP) is 4.94. The van der Waals surface area contributed by atoms with Crippen molar-refractivity contribution in [1.29, 1.82) is 0 Å². The third kappa shape index (κ3) is 2.61. The van der Waals surface area contributed by atoms with E-state index in [4.69, 9.17) is 4.65 Å². The van der Waals surface area contributed by atoms with E-state index in [-0.39, 0.29) is 29.5 Å². The molecule has 5 atom stereocenters. The first-order valence-electron chi connectivity index (χ1n) is 11.6. The average molecular weight is 380 g/mol. The second-order valence-electron chi connectivity index (χ2n) is 11.7. The van der Waals surface area contributed by atoms with E-state index in [1.54, 1.807) is 11.1 Å². The van der Waals surface area contributed by atoms with E-state index >= 15 is 0 Å². The molecule has 4 aliphatic rings. The zero-order valence-electron chi connectivity index (χ0n) is 18.4. The van der Waals surface area contributed by atoms with Gasteiger partial charge >= 0.3 is 6.92 Å². The van der Waals surface area contributed by atoms with Crippen molar-refractivity contribution in [3.63, 3.8) is 0 Å². The zero-order valence-corrected chi connectivity index (χ0v) is 18.4.